The molecule has 2 aromatic carbocycles. The fraction of sp³-hybridized carbons (Fsp3) is 0.435. The van der Waals surface area contributed by atoms with Gasteiger partial charge in [-0.1, -0.05) is 12.8 Å². The Bertz CT molecular complexity index is 830. The van der Waals surface area contributed by atoms with Crippen molar-refractivity contribution in [3.05, 3.63) is 42.5 Å². The van der Waals surface area contributed by atoms with E-state index in [0.717, 1.165) is 18.8 Å². The van der Waals surface area contributed by atoms with E-state index in [1.165, 1.54) is 31.4 Å². The van der Waals surface area contributed by atoms with E-state index in [2.05, 4.69) is 27.7 Å². The number of carbonyl (C=O) groups is 1. The van der Waals surface area contributed by atoms with Crippen molar-refractivity contribution in [2.45, 2.75) is 38.6 Å². The zero-order chi connectivity index (χ0) is 20.1. The second kappa shape index (κ2) is 9.07. The third kappa shape index (κ3) is 4.94. The average Bonchev–Trinajstić information content (AvgIpc) is 3.04. The first-order valence-electron chi connectivity index (χ1n) is 10.5. The van der Waals surface area contributed by atoms with Crippen molar-refractivity contribution in [2.75, 3.05) is 41.8 Å². The molecule has 0 saturated carbocycles. The largest absolute Gasteiger partial charge is 0.486 e. The van der Waals surface area contributed by atoms with Crippen LogP contribution in [0.25, 0.3) is 0 Å². The molecular weight excluding hydrogens is 366 g/mol. The molecule has 6 heteroatoms. The molecule has 154 valence electrons. The molecule has 2 aromatic rings. The van der Waals surface area contributed by atoms with Crippen LogP contribution in [0.4, 0.5) is 17.1 Å². The summed E-state index contributed by atoms with van der Waals surface area (Å²) >= 11 is 0. The molecule has 0 unspecified atom stereocenters. The van der Waals surface area contributed by atoms with E-state index in [-0.39, 0.29) is 11.9 Å². The van der Waals surface area contributed by atoms with Gasteiger partial charge in [0.05, 0.1) is 0 Å². The third-order valence-electron chi connectivity index (χ3n) is 5.42. The van der Waals surface area contributed by atoms with E-state index in [1.807, 2.05) is 31.2 Å². The van der Waals surface area contributed by atoms with Crippen LogP contribution < -0.4 is 25.0 Å². The fourth-order valence-corrected chi connectivity index (χ4v) is 3.78. The summed E-state index contributed by atoms with van der Waals surface area (Å²) in [5.74, 6) is 1.28. The molecule has 4 rings (SSSR count). The zero-order valence-electron chi connectivity index (χ0n) is 16.9. The molecule has 2 aliphatic heterocycles. The first-order valence-corrected chi connectivity index (χ1v) is 10.5. The zero-order valence-corrected chi connectivity index (χ0v) is 16.9. The monoisotopic (exact) mass is 395 g/mol. The number of nitrogens with zero attached hydrogens (tertiary/aromatic N) is 1. The first-order chi connectivity index (χ1) is 14.2. The highest BCUT2D eigenvalue weighted by molar-refractivity contribution is 5.96. The van der Waals surface area contributed by atoms with E-state index >= 15 is 0 Å². The van der Waals surface area contributed by atoms with Crippen LogP contribution in [0.3, 0.4) is 0 Å². The van der Waals surface area contributed by atoms with Crippen molar-refractivity contribution in [3.63, 3.8) is 0 Å². The molecule has 29 heavy (non-hydrogen) atoms. The lowest BCUT2D eigenvalue weighted by Gasteiger charge is -2.23. The summed E-state index contributed by atoms with van der Waals surface area (Å²) in [6.07, 6.45) is 5.17. The van der Waals surface area contributed by atoms with Gasteiger partial charge in [0.25, 0.3) is 0 Å². The van der Waals surface area contributed by atoms with Crippen molar-refractivity contribution in [1.29, 1.82) is 0 Å². The van der Waals surface area contributed by atoms with Gasteiger partial charge in [-0.2, -0.15) is 0 Å². The second-order valence-electron chi connectivity index (χ2n) is 7.66. The molecule has 0 spiro atoms. The number of anilines is 3. The van der Waals surface area contributed by atoms with Gasteiger partial charge in [0.15, 0.2) is 11.5 Å². The number of hydrogen-bond donors (Lipinski definition) is 2. The number of benzene rings is 2. The highest BCUT2D eigenvalue weighted by Crippen LogP contribution is 2.32. The Morgan fingerprint density at radius 1 is 0.897 bits per heavy atom. The van der Waals surface area contributed by atoms with E-state index in [4.69, 9.17) is 9.47 Å². The van der Waals surface area contributed by atoms with Gasteiger partial charge in [-0.25, -0.2) is 0 Å². The highest BCUT2D eigenvalue weighted by atomic mass is 16.6. The minimum absolute atomic E-state index is 0.0988. The number of amides is 1. The number of rotatable bonds is 5. The first kappa shape index (κ1) is 19.4. The number of nitrogens with one attached hydrogen (secondary N) is 2. The topological polar surface area (TPSA) is 62.8 Å². The summed E-state index contributed by atoms with van der Waals surface area (Å²) in [5.41, 5.74) is 2.89. The SMILES string of the molecule is C[C@@H](Nc1ccc(N2CCCCCC2)cc1)C(=O)Nc1ccc2c(c1)OCCO2. The number of hydrogen-bond acceptors (Lipinski definition) is 5. The van der Waals surface area contributed by atoms with Gasteiger partial charge in [-0.3, -0.25) is 4.79 Å². The molecule has 2 aliphatic rings. The van der Waals surface area contributed by atoms with Crippen LogP contribution in [-0.4, -0.2) is 38.3 Å². The quantitative estimate of drug-likeness (QED) is 0.791. The minimum atomic E-state index is -0.368. The Morgan fingerprint density at radius 2 is 1.55 bits per heavy atom. The van der Waals surface area contributed by atoms with E-state index in [9.17, 15) is 4.79 Å². The van der Waals surface area contributed by atoms with Crippen LogP contribution in [0.1, 0.15) is 32.6 Å². The number of carbonyl (C=O) groups excluding carboxylic acids is 1. The lowest BCUT2D eigenvalue weighted by molar-refractivity contribution is -0.116. The van der Waals surface area contributed by atoms with E-state index in [0.29, 0.717) is 30.4 Å². The van der Waals surface area contributed by atoms with Gasteiger partial charge < -0.3 is 25.0 Å². The van der Waals surface area contributed by atoms with Crippen LogP contribution in [0, 0.1) is 0 Å². The fourth-order valence-electron chi connectivity index (χ4n) is 3.78. The normalized spacial score (nSPS) is 17.2. The smallest absolute Gasteiger partial charge is 0.246 e. The minimum Gasteiger partial charge on any atom is -0.486 e. The van der Waals surface area contributed by atoms with Crippen molar-refractivity contribution in [1.82, 2.24) is 0 Å². The van der Waals surface area contributed by atoms with Crippen LogP contribution in [0.2, 0.25) is 0 Å². The van der Waals surface area contributed by atoms with Crippen LogP contribution >= 0.6 is 0 Å². The van der Waals surface area contributed by atoms with Gasteiger partial charge >= 0.3 is 0 Å². The molecule has 1 saturated heterocycles. The number of fused-ring (bicyclic) bond motifs is 1. The van der Waals surface area contributed by atoms with Crippen LogP contribution in [0.5, 0.6) is 11.5 Å². The maximum Gasteiger partial charge on any atom is 0.246 e. The van der Waals surface area contributed by atoms with Gasteiger partial charge in [0.2, 0.25) is 5.91 Å². The Labute approximate surface area is 172 Å². The lowest BCUT2D eigenvalue weighted by atomic mass is 10.2. The van der Waals surface area contributed by atoms with Gasteiger partial charge in [0, 0.05) is 36.2 Å². The molecule has 1 amide bonds. The van der Waals surface area contributed by atoms with E-state index in [1.54, 1.807) is 6.07 Å². The molecule has 0 radical (unpaired) electrons. The predicted octanol–water partition coefficient (Wildman–Crippen LogP) is 4.28. The molecule has 2 N–H and O–H groups in total. The molecule has 6 nitrogen and oxygen atoms in total. The summed E-state index contributed by atoms with van der Waals surface area (Å²) in [6.45, 7) is 5.18. The van der Waals surface area contributed by atoms with Crippen LogP contribution in [-0.2, 0) is 4.79 Å². The van der Waals surface area contributed by atoms with Gasteiger partial charge in [0.1, 0.15) is 19.3 Å². The molecule has 2 heterocycles. The van der Waals surface area contributed by atoms with Gasteiger partial charge in [-0.05, 0) is 56.2 Å². The molecule has 0 bridgehead atoms. The van der Waals surface area contributed by atoms with Crippen LogP contribution in [0.15, 0.2) is 42.5 Å². The third-order valence-corrected chi connectivity index (χ3v) is 5.42. The Hall–Kier alpha value is -2.89. The highest BCUT2D eigenvalue weighted by Gasteiger charge is 2.16. The van der Waals surface area contributed by atoms with Gasteiger partial charge in [-0.15, -0.1) is 0 Å². The summed E-state index contributed by atoms with van der Waals surface area (Å²) in [6, 6.07) is 13.5. The Kier molecular flexibility index (Phi) is 6.08. The summed E-state index contributed by atoms with van der Waals surface area (Å²) in [4.78, 5) is 15.0. The maximum absolute atomic E-state index is 12.6. The molecule has 1 atom stereocenters. The maximum atomic E-state index is 12.6. The standard InChI is InChI=1S/C23H29N3O3/c1-17(23(27)25-19-8-11-21-22(16-19)29-15-14-28-21)24-18-6-9-20(10-7-18)26-12-4-2-3-5-13-26/h6-11,16-17,24H,2-5,12-15H2,1H3,(H,25,27)/t17-/m1/s1. The van der Waals surface area contributed by atoms with Crippen molar-refractivity contribution in [2.24, 2.45) is 0 Å². The van der Waals surface area contributed by atoms with Crippen molar-refractivity contribution >= 4 is 23.0 Å². The van der Waals surface area contributed by atoms with Crippen molar-refractivity contribution in [3.8, 4) is 11.5 Å². The molecule has 0 aromatic heterocycles. The lowest BCUT2D eigenvalue weighted by Crippen LogP contribution is -2.32. The second-order valence-corrected chi connectivity index (χ2v) is 7.66. The Morgan fingerprint density at radius 3 is 2.28 bits per heavy atom. The Balaban J connectivity index is 1.33. The molecular formula is C23H29N3O3. The van der Waals surface area contributed by atoms with Crippen molar-refractivity contribution < 1.29 is 14.3 Å². The number of ether oxygens (including phenoxy) is 2. The summed E-state index contributed by atoms with van der Waals surface area (Å²) in [5, 5.41) is 6.22. The van der Waals surface area contributed by atoms with E-state index < -0.39 is 0 Å². The average molecular weight is 396 g/mol. The predicted molar refractivity (Wildman–Crippen MR) is 116 cm³/mol. The summed E-state index contributed by atoms with van der Waals surface area (Å²) < 4.78 is 11.1. The summed E-state index contributed by atoms with van der Waals surface area (Å²) in [7, 11) is 0. The molecule has 1 fully saturated rings. The molecule has 0 aliphatic carbocycles.